The van der Waals surface area contributed by atoms with Crippen molar-refractivity contribution in [2.24, 2.45) is 0 Å². The van der Waals surface area contributed by atoms with Crippen LogP contribution in [-0.4, -0.2) is 17.0 Å². The van der Waals surface area contributed by atoms with Crippen molar-refractivity contribution in [3.8, 4) is 16.9 Å². The van der Waals surface area contributed by atoms with Gasteiger partial charge in [-0.1, -0.05) is 30.3 Å². The first kappa shape index (κ1) is 17.5. The predicted molar refractivity (Wildman–Crippen MR) is 108 cm³/mol. The third-order valence-corrected chi connectivity index (χ3v) is 4.35. The Balaban J connectivity index is 1.80. The van der Waals surface area contributed by atoms with E-state index in [1.165, 1.54) is 6.07 Å². The Morgan fingerprint density at radius 2 is 1.82 bits per heavy atom. The molecule has 0 saturated carbocycles. The van der Waals surface area contributed by atoms with Crippen molar-refractivity contribution in [3.63, 3.8) is 0 Å². The second-order valence-corrected chi connectivity index (χ2v) is 6.11. The number of hydrogen-bond donors (Lipinski definition) is 0. The molecule has 28 heavy (non-hydrogen) atoms. The van der Waals surface area contributed by atoms with Crippen molar-refractivity contribution in [1.82, 2.24) is 4.98 Å². The molecule has 0 saturated heterocycles. The molecule has 6 nitrogen and oxygen atoms in total. The molecular weight excluding hydrogens is 356 g/mol. The second kappa shape index (κ2) is 7.36. The lowest BCUT2D eigenvalue weighted by molar-refractivity contribution is -0.402. The maximum absolute atomic E-state index is 10.8. The van der Waals surface area contributed by atoms with E-state index in [9.17, 15) is 10.1 Å². The first-order chi connectivity index (χ1) is 13.6. The highest BCUT2D eigenvalue weighted by molar-refractivity contribution is 5.89. The summed E-state index contributed by atoms with van der Waals surface area (Å²) in [6, 6.07) is 20.6. The summed E-state index contributed by atoms with van der Waals surface area (Å²) in [5.41, 5.74) is 3.54. The number of para-hydroxylation sites is 1. The molecule has 0 fully saturated rings. The van der Waals surface area contributed by atoms with Gasteiger partial charge in [-0.15, -0.1) is 0 Å². The highest BCUT2D eigenvalue weighted by Gasteiger charge is 2.11. The second-order valence-electron chi connectivity index (χ2n) is 6.11. The fourth-order valence-electron chi connectivity index (χ4n) is 2.95. The van der Waals surface area contributed by atoms with Gasteiger partial charge in [0.25, 0.3) is 0 Å². The monoisotopic (exact) mass is 372 g/mol. The number of hydrogen-bond acceptors (Lipinski definition) is 5. The van der Waals surface area contributed by atoms with Gasteiger partial charge in [-0.3, -0.25) is 10.1 Å². The van der Waals surface area contributed by atoms with Gasteiger partial charge in [-0.25, -0.2) is 4.98 Å². The van der Waals surface area contributed by atoms with Crippen LogP contribution in [0.25, 0.3) is 34.2 Å². The maximum atomic E-state index is 10.8. The summed E-state index contributed by atoms with van der Waals surface area (Å²) in [4.78, 5) is 15.0. The minimum absolute atomic E-state index is 0.290. The average molecular weight is 372 g/mol. The van der Waals surface area contributed by atoms with Crippen LogP contribution in [-0.2, 0) is 0 Å². The number of benzene rings is 2. The van der Waals surface area contributed by atoms with Crippen LogP contribution in [0.5, 0.6) is 5.75 Å². The molecule has 4 aromatic rings. The zero-order valence-electron chi connectivity index (χ0n) is 15.0. The zero-order valence-corrected chi connectivity index (χ0v) is 15.0. The largest absolute Gasteiger partial charge is 0.497 e. The molecule has 0 aliphatic carbocycles. The zero-order chi connectivity index (χ0) is 19.5. The molecule has 0 unspecified atom stereocenters. The van der Waals surface area contributed by atoms with E-state index in [4.69, 9.17) is 14.1 Å². The van der Waals surface area contributed by atoms with Gasteiger partial charge in [-0.2, -0.15) is 0 Å². The lowest BCUT2D eigenvalue weighted by Gasteiger charge is -2.09. The Kier molecular flexibility index (Phi) is 4.60. The molecule has 0 atom stereocenters. The van der Waals surface area contributed by atoms with Crippen LogP contribution in [0.3, 0.4) is 0 Å². The van der Waals surface area contributed by atoms with Crippen molar-refractivity contribution in [2.75, 3.05) is 7.11 Å². The minimum atomic E-state index is -0.561. The molecule has 0 bridgehead atoms. The molecule has 0 spiro atoms. The Labute approximate surface area is 160 Å². The Morgan fingerprint density at radius 1 is 1.04 bits per heavy atom. The van der Waals surface area contributed by atoms with E-state index in [0.29, 0.717) is 5.76 Å². The highest BCUT2D eigenvalue weighted by atomic mass is 16.6. The van der Waals surface area contributed by atoms with Crippen molar-refractivity contribution in [3.05, 3.63) is 88.3 Å². The van der Waals surface area contributed by atoms with Crippen LogP contribution in [0.15, 0.2) is 71.1 Å². The van der Waals surface area contributed by atoms with Gasteiger partial charge in [0.1, 0.15) is 16.4 Å². The first-order valence-corrected chi connectivity index (χ1v) is 8.60. The van der Waals surface area contributed by atoms with Gasteiger partial charge < -0.3 is 9.15 Å². The molecular formula is C22H16N2O4. The molecule has 2 heterocycles. The first-order valence-electron chi connectivity index (χ1n) is 8.60. The summed E-state index contributed by atoms with van der Waals surface area (Å²) < 4.78 is 10.4. The van der Waals surface area contributed by atoms with E-state index in [2.05, 4.69) is 6.07 Å². The van der Waals surface area contributed by atoms with Gasteiger partial charge in [-0.05, 0) is 48.0 Å². The molecule has 0 aliphatic heterocycles. The average Bonchev–Trinajstić information content (AvgIpc) is 3.21. The van der Waals surface area contributed by atoms with Gasteiger partial charge >= 0.3 is 5.88 Å². The van der Waals surface area contributed by atoms with Crippen LogP contribution in [0.2, 0.25) is 0 Å². The van der Waals surface area contributed by atoms with Crippen molar-refractivity contribution < 1.29 is 14.1 Å². The van der Waals surface area contributed by atoms with Gasteiger partial charge in [0.2, 0.25) is 0 Å². The molecule has 2 aromatic carbocycles. The lowest BCUT2D eigenvalue weighted by atomic mass is 10.0. The number of methoxy groups -OCH3 is 1. The number of pyridine rings is 1. The third kappa shape index (κ3) is 3.48. The number of nitrogens with zero attached hydrogens (tertiary/aromatic N) is 2. The highest BCUT2D eigenvalue weighted by Crippen LogP contribution is 2.29. The number of aromatic nitrogens is 1. The van der Waals surface area contributed by atoms with E-state index in [1.807, 2.05) is 48.5 Å². The topological polar surface area (TPSA) is 78.4 Å². The fourth-order valence-corrected chi connectivity index (χ4v) is 2.95. The van der Waals surface area contributed by atoms with Crippen molar-refractivity contribution >= 4 is 28.9 Å². The van der Waals surface area contributed by atoms with Gasteiger partial charge in [0.05, 0.1) is 24.4 Å². The summed E-state index contributed by atoms with van der Waals surface area (Å²) in [5, 5.41) is 11.8. The van der Waals surface area contributed by atoms with Gasteiger partial charge in [0, 0.05) is 10.9 Å². The molecule has 138 valence electrons. The van der Waals surface area contributed by atoms with Crippen LogP contribution in [0.4, 0.5) is 5.88 Å². The summed E-state index contributed by atoms with van der Waals surface area (Å²) in [5.74, 6) is 0.876. The molecule has 6 heteroatoms. The Morgan fingerprint density at radius 3 is 2.54 bits per heavy atom. The number of furan rings is 1. The van der Waals surface area contributed by atoms with Crippen LogP contribution >= 0.6 is 0 Å². The summed E-state index contributed by atoms with van der Waals surface area (Å²) >= 11 is 0. The molecule has 0 radical (unpaired) electrons. The fraction of sp³-hybridized carbons (Fsp3) is 0.0455. The normalized spacial score (nSPS) is 11.2. The van der Waals surface area contributed by atoms with E-state index >= 15 is 0 Å². The van der Waals surface area contributed by atoms with Crippen molar-refractivity contribution in [2.45, 2.75) is 0 Å². The van der Waals surface area contributed by atoms with E-state index in [-0.39, 0.29) is 5.88 Å². The third-order valence-electron chi connectivity index (χ3n) is 4.35. The maximum Gasteiger partial charge on any atom is 0.433 e. The molecule has 4 rings (SSSR count). The van der Waals surface area contributed by atoms with Crippen LogP contribution in [0, 0.1) is 10.1 Å². The minimum Gasteiger partial charge on any atom is -0.497 e. The van der Waals surface area contributed by atoms with E-state index < -0.39 is 4.92 Å². The molecule has 0 N–H and O–H groups in total. The quantitative estimate of drug-likeness (QED) is 0.337. The van der Waals surface area contributed by atoms with Crippen LogP contribution in [0.1, 0.15) is 11.5 Å². The number of ether oxygens (including phenoxy) is 1. The molecule has 0 aliphatic rings. The predicted octanol–water partition coefficient (Wildman–Crippen LogP) is 5.58. The van der Waals surface area contributed by atoms with E-state index in [0.717, 1.165) is 33.5 Å². The number of rotatable bonds is 5. The number of fused-ring (bicyclic) bond motifs is 1. The lowest BCUT2D eigenvalue weighted by Crippen LogP contribution is -1.90. The molecule has 2 aromatic heterocycles. The van der Waals surface area contributed by atoms with Crippen LogP contribution < -0.4 is 4.74 Å². The van der Waals surface area contributed by atoms with E-state index in [1.54, 1.807) is 25.3 Å². The summed E-state index contributed by atoms with van der Waals surface area (Å²) in [6.07, 6.45) is 3.48. The summed E-state index contributed by atoms with van der Waals surface area (Å²) in [7, 11) is 1.63. The standard InChI is InChI=1S/C22H16N2O4/c1-27-17-8-6-15(7-9-17)19-14-16-4-2-3-5-20(16)23-21(19)12-10-18-11-13-22(28-18)24(25)26/h2-14H,1H3/b12-10+. The Bertz CT molecular complexity index is 1180. The van der Waals surface area contributed by atoms with Gasteiger partial charge in [0.15, 0.2) is 0 Å². The Hall–Kier alpha value is -3.93. The summed E-state index contributed by atoms with van der Waals surface area (Å²) in [6.45, 7) is 0. The smallest absolute Gasteiger partial charge is 0.433 e. The van der Waals surface area contributed by atoms with Crippen molar-refractivity contribution in [1.29, 1.82) is 0 Å². The molecule has 0 amide bonds. The SMILES string of the molecule is COc1ccc(-c2cc3ccccc3nc2/C=C/c2ccc([N+](=O)[O-])o2)cc1. The number of nitro groups is 1.